The number of aliphatic hydroxyl groups is 1. The lowest BCUT2D eigenvalue weighted by molar-refractivity contribution is 0.280. The fourth-order valence-corrected chi connectivity index (χ4v) is 1.95. The zero-order valence-electron chi connectivity index (χ0n) is 9.72. The molecule has 1 N–H and O–H groups in total. The van der Waals surface area contributed by atoms with E-state index in [9.17, 15) is 8.78 Å². The molecule has 0 saturated carbocycles. The van der Waals surface area contributed by atoms with E-state index in [0.29, 0.717) is 11.0 Å². The van der Waals surface area contributed by atoms with Crippen molar-refractivity contribution in [3.05, 3.63) is 53.6 Å². The molecule has 19 heavy (non-hydrogen) atoms. The molecule has 3 aromatic rings. The van der Waals surface area contributed by atoms with Gasteiger partial charge >= 0.3 is 0 Å². The number of hydrogen-bond donors (Lipinski definition) is 1. The normalized spacial score (nSPS) is 11.1. The quantitative estimate of drug-likeness (QED) is 0.769. The Hall–Kier alpha value is -2.34. The summed E-state index contributed by atoms with van der Waals surface area (Å²) in [7, 11) is 0. The topological polar surface area (TPSA) is 50.9 Å². The van der Waals surface area contributed by atoms with Crippen LogP contribution in [0.4, 0.5) is 8.78 Å². The average molecular weight is 261 g/mol. The van der Waals surface area contributed by atoms with Gasteiger partial charge in [0.25, 0.3) is 0 Å². The van der Waals surface area contributed by atoms with Gasteiger partial charge in [-0.3, -0.25) is 0 Å². The van der Waals surface area contributed by atoms with E-state index in [0.717, 1.165) is 16.8 Å². The first kappa shape index (κ1) is 11.7. The lowest BCUT2D eigenvalue weighted by Gasteiger charge is -2.07. The molecule has 0 atom stereocenters. The highest BCUT2D eigenvalue weighted by molar-refractivity contribution is 5.76. The zero-order valence-corrected chi connectivity index (χ0v) is 9.72. The van der Waals surface area contributed by atoms with E-state index in [4.69, 9.17) is 5.11 Å². The van der Waals surface area contributed by atoms with Gasteiger partial charge in [-0.25, -0.2) is 13.5 Å². The molecular weight excluding hydrogens is 252 g/mol. The molecule has 96 valence electrons. The van der Waals surface area contributed by atoms with Gasteiger partial charge in [-0.15, -0.1) is 5.10 Å². The number of fused-ring (bicyclic) bond motifs is 1. The van der Waals surface area contributed by atoms with Gasteiger partial charge < -0.3 is 5.11 Å². The van der Waals surface area contributed by atoms with E-state index >= 15 is 0 Å². The van der Waals surface area contributed by atoms with Gasteiger partial charge in [0, 0.05) is 0 Å². The molecule has 0 spiro atoms. The Kier molecular flexibility index (Phi) is 2.72. The number of para-hydroxylation sites is 1. The maximum absolute atomic E-state index is 13.9. The molecular formula is C13H9F2N3O. The molecule has 0 aliphatic carbocycles. The minimum Gasteiger partial charge on any atom is -0.392 e. The first-order valence-electron chi connectivity index (χ1n) is 5.60. The van der Waals surface area contributed by atoms with Crippen molar-refractivity contribution in [2.45, 2.75) is 6.61 Å². The number of nitrogens with zero attached hydrogens (tertiary/aromatic N) is 3. The van der Waals surface area contributed by atoms with Crippen LogP contribution in [0.3, 0.4) is 0 Å². The number of aromatic nitrogens is 3. The smallest absolute Gasteiger partial charge is 0.152 e. The fourth-order valence-electron chi connectivity index (χ4n) is 1.95. The summed E-state index contributed by atoms with van der Waals surface area (Å²) in [5.41, 5.74) is 0.929. The predicted molar refractivity (Wildman–Crippen MR) is 64.7 cm³/mol. The van der Waals surface area contributed by atoms with Crippen LogP contribution in [0.25, 0.3) is 16.7 Å². The van der Waals surface area contributed by atoms with Crippen molar-refractivity contribution in [1.82, 2.24) is 15.0 Å². The molecule has 0 saturated heterocycles. The molecule has 0 fully saturated rings. The molecule has 1 aromatic heterocycles. The van der Waals surface area contributed by atoms with Gasteiger partial charge in [0.1, 0.15) is 11.2 Å². The summed E-state index contributed by atoms with van der Waals surface area (Å²) in [6, 6.07) is 9.04. The molecule has 0 unspecified atom stereocenters. The summed E-state index contributed by atoms with van der Waals surface area (Å²) < 4.78 is 29.0. The first-order chi connectivity index (χ1) is 9.20. The van der Waals surface area contributed by atoms with Crippen molar-refractivity contribution in [2.75, 3.05) is 0 Å². The number of benzene rings is 2. The summed E-state index contributed by atoms with van der Waals surface area (Å²) in [6.45, 7) is -0.424. The van der Waals surface area contributed by atoms with Gasteiger partial charge in [0.15, 0.2) is 11.6 Å². The van der Waals surface area contributed by atoms with E-state index in [-0.39, 0.29) is 11.3 Å². The summed E-state index contributed by atoms with van der Waals surface area (Å²) in [5.74, 6) is -1.58. The van der Waals surface area contributed by atoms with Crippen LogP contribution in [-0.2, 0) is 6.61 Å². The van der Waals surface area contributed by atoms with Gasteiger partial charge in [-0.1, -0.05) is 17.3 Å². The van der Waals surface area contributed by atoms with E-state index in [1.54, 1.807) is 24.3 Å². The lowest BCUT2D eigenvalue weighted by Crippen LogP contribution is -2.05. The number of hydrogen-bond acceptors (Lipinski definition) is 3. The molecule has 0 aliphatic rings. The molecule has 1 heterocycles. The third-order valence-electron chi connectivity index (χ3n) is 2.82. The third-order valence-corrected chi connectivity index (χ3v) is 2.82. The molecule has 0 amide bonds. The SMILES string of the molecule is OCc1cc(F)c(-n2nnc3ccccc32)c(F)c1. The molecule has 3 rings (SSSR count). The van der Waals surface area contributed by atoms with Crippen LogP contribution in [0.1, 0.15) is 5.56 Å². The minimum absolute atomic E-state index is 0.170. The average Bonchev–Trinajstić information content (AvgIpc) is 2.82. The Bertz CT molecular complexity index is 731. The van der Waals surface area contributed by atoms with Crippen molar-refractivity contribution < 1.29 is 13.9 Å². The van der Waals surface area contributed by atoms with Crippen LogP contribution in [0.2, 0.25) is 0 Å². The second-order valence-corrected chi connectivity index (χ2v) is 4.06. The maximum atomic E-state index is 13.9. The summed E-state index contributed by atoms with van der Waals surface area (Å²) >= 11 is 0. The molecule has 0 aliphatic heterocycles. The van der Waals surface area contributed by atoms with Crippen molar-refractivity contribution in [2.24, 2.45) is 0 Å². The van der Waals surface area contributed by atoms with Crippen molar-refractivity contribution >= 4 is 11.0 Å². The molecule has 2 aromatic carbocycles. The van der Waals surface area contributed by atoms with Crippen molar-refractivity contribution in [3.63, 3.8) is 0 Å². The van der Waals surface area contributed by atoms with Crippen LogP contribution in [0.15, 0.2) is 36.4 Å². The highest BCUT2D eigenvalue weighted by atomic mass is 19.1. The van der Waals surface area contributed by atoms with E-state index in [1.807, 2.05) is 0 Å². The Labute approximate surface area is 106 Å². The Morgan fingerprint density at radius 3 is 2.47 bits per heavy atom. The van der Waals surface area contributed by atoms with Gasteiger partial charge in [-0.2, -0.15) is 0 Å². The third kappa shape index (κ3) is 1.86. The first-order valence-corrected chi connectivity index (χ1v) is 5.60. The largest absolute Gasteiger partial charge is 0.392 e. The number of rotatable bonds is 2. The zero-order chi connectivity index (χ0) is 13.4. The van der Waals surface area contributed by atoms with Crippen LogP contribution < -0.4 is 0 Å². The maximum Gasteiger partial charge on any atom is 0.152 e. The second kappa shape index (κ2) is 4.40. The lowest BCUT2D eigenvalue weighted by atomic mass is 10.2. The Morgan fingerprint density at radius 1 is 1.11 bits per heavy atom. The van der Waals surface area contributed by atoms with Crippen LogP contribution in [0.5, 0.6) is 0 Å². The summed E-state index contributed by atoms with van der Waals surface area (Å²) in [5, 5.41) is 16.5. The standard InChI is InChI=1S/C13H9F2N3O/c14-9-5-8(7-19)6-10(15)13(9)18-12-4-2-1-3-11(12)16-17-18/h1-6,19H,7H2. The fraction of sp³-hybridized carbons (Fsp3) is 0.0769. The second-order valence-electron chi connectivity index (χ2n) is 4.06. The van der Waals surface area contributed by atoms with Crippen LogP contribution in [0, 0.1) is 11.6 Å². The van der Waals surface area contributed by atoms with Crippen molar-refractivity contribution in [3.8, 4) is 5.69 Å². The van der Waals surface area contributed by atoms with Crippen molar-refractivity contribution in [1.29, 1.82) is 0 Å². The summed E-state index contributed by atoms with van der Waals surface area (Å²) in [4.78, 5) is 0. The van der Waals surface area contributed by atoms with Crippen LogP contribution >= 0.6 is 0 Å². The number of halogens is 2. The van der Waals surface area contributed by atoms with Gasteiger partial charge in [0.2, 0.25) is 0 Å². The van der Waals surface area contributed by atoms with Crippen LogP contribution in [-0.4, -0.2) is 20.1 Å². The molecule has 0 radical (unpaired) electrons. The Morgan fingerprint density at radius 2 is 1.79 bits per heavy atom. The monoisotopic (exact) mass is 261 g/mol. The van der Waals surface area contributed by atoms with Gasteiger partial charge in [-0.05, 0) is 29.8 Å². The molecule has 0 bridgehead atoms. The van der Waals surface area contributed by atoms with E-state index in [2.05, 4.69) is 10.3 Å². The van der Waals surface area contributed by atoms with Gasteiger partial charge in [0.05, 0.1) is 12.1 Å². The molecule has 6 heteroatoms. The predicted octanol–water partition coefficient (Wildman–Crippen LogP) is 2.19. The Balaban J connectivity index is 2.27. The minimum atomic E-state index is -0.792. The highest BCUT2D eigenvalue weighted by Gasteiger charge is 2.16. The van der Waals surface area contributed by atoms with E-state index in [1.165, 1.54) is 0 Å². The summed E-state index contributed by atoms with van der Waals surface area (Å²) in [6.07, 6.45) is 0. The number of aliphatic hydroxyl groups excluding tert-OH is 1. The molecule has 4 nitrogen and oxygen atoms in total. The van der Waals surface area contributed by atoms with E-state index < -0.39 is 18.2 Å². The highest BCUT2D eigenvalue weighted by Crippen LogP contribution is 2.22.